The molecule has 19 heavy (non-hydrogen) atoms. The molecule has 0 unspecified atom stereocenters. The molecule has 0 heterocycles. The summed E-state index contributed by atoms with van der Waals surface area (Å²) in [7, 11) is 0. The molecule has 0 amide bonds. The van der Waals surface area contributed by atoms with E-state index in [9.17, 15) is 4.79 Å². The van der Waals surface area contributed by atoms with E-state index in [1.54, 1.807) is 13.0 Å². The summed E-state index contributed by atoms with van der Waals surface area (Å²) in [5.41, 5.74) is 1.82. The molecule has 0 atom stereocenters. The van der Waals surface area contributed by atoms with E-state index in [-0.39, 0.29) is 5.78 Å². The van der Waals surface area contributed by atoms with Gasteiger partial charge in [0.1, 0.15) is 12.4 Å². The quantitative estimate of drug-likeness (QED) is 0.512. The lowest BCUT2D eigenvalue weighted by atomic mass is 10.1. The number of halogens is 2. The highest BCUT2D eigenvalue weighted by molar-refractivity contribution is 14.1. The van der Waals surface area contributed by atoms with Gasteiger partial charge in [0.15, 0.2) is 5.78 Å². The van der Waals surface area contributed by atoms with Crippen molar-refractivity contribution in [2.24, 2.45) is 0 Å². The lowest BCUT2D eigenvalue weighted by Crippen LogP contribution is -1.99. The van der Waals surface area contributed by atoms with E-state index in [4.69, 9.17) is 4.74 Å². The Bertz CT molecular complexity index is 611. The van der Waals surface area contributed by atoms with Crippen molar-refractivity contribution in [3.63, 3.8) is 0 Å². The molecule has 0 saturated carbocycles. The number of carbonyl (C=O) groups excluding carboxylic acids is 1. The second-order valence-electron chi connectivity index (χ2n) is 4.08. The number of ether oxygens (including phenoxy) is 1. The third-order valence-corrected chi connectivity index (χ3v) is 4.34. The van der Waals surface area contributed by atoms with Crippen LogP contribution >= 0.6 is 38.5 Å². The van der Waals surface area contributed by atoms with Gasteiger partial charge in [-0.25, -0.2) is 0 Å². The molecule has 0 aromatic heterocycles. The molecule has 4 heteroatoms. The summed E-state index contributed by atoms with van der Waals surface area (Å²) >= 11 is 5.64. The van der Waals surface area contributed by atoms with Crippen LogP contribution in [-0.4, -0.2) is 5.78 Å². The van der Waals surface area contributed by atoms with Crippen LogP contribution in [0.4, 0.5) is 0 Å². The largest absolute Gasteiger partial charge is 0.489 e. The van der Waals surface area contributed by atoms with Gasteiger partial charge in [-0.15, -0.1) is 0 Å². The molecule has 0 saturated heterocycles. The van der Waals surface area contributed by atoms with E-state index in [1.807, 2.05) is 36.4 Å². The molecular weight excluding hydrogens is 419 g/mol. The Hall–Kier alpha value is -0.880. The average Bonchev–Trinajstić information content (AvgIpc) is 2.37. The second-order valence-corrected chi connectivity index (χ2v) is 6.09. The van der Waals surface area contributed by atoms with E-state index in [2.05, 4.69) is 38.5 Å². The van der Waals surface area contributed by atoms with Crippen LogP contribution in [0.3, 0.4) is 0 Å². The first kappa shape index (κ1) is 14.5. The van der Waals surface area contributed by atoms with Gasteiger partial charge in [0.05, 0.1) is 0 Å². The van der Waals surface area contributed by atoms with Crippen LogP contribution in [0.15, 0.2) is 46.9 Å². The Morgan fingerprint density at radius 1 is 1.26 bits per heavy atom. The van der Waals surface area contributed by atoms with Gasteiger partial charge in [0, 0.05) is 19.2 Å². The van der Waals surface area contributed by atoms with E-state index < -0.39 is 0 Å². The molecule has 0 spiro atoms. The van der Waals surface area contributed by atoms with Gasteiger partial charge >= 0.3 is 0 Å². The number of rotatable bonds is 4. The average molecular weight is 431 g/mol. The number of Topliss-reactive ketones (excluding diaryl/α,β-unsaturated/α-hetero) is 1. The monoisotopic (exact) mass is 430 g/mol. The standard InChI is InChI=1S/C15H12BrIO2/c1-10(18)13-7-6-12(8-15(13)17)19-9-11-4-2-3-5-14(11)16/h2-8H,9H2,1H3. The lowest BCUT2D eigenvalue weighted by Gasteiger charge is -2.09. The molecule has 0 bridgehead atoms. The first-order chi connectivity index (χ1) is 9.08. The third-order valence-electron chi connectivity index (χ3n) is 2.67. The maximum atomic E-state index is 11.3. The molecule has 0 aliphatic rings. The van der Waals surface area contributed by atoms with Gasteiger partial charge in [-0.1, -0.05) is 34.1 Å². The highest BCUT2D eigenvalue weighted by Gasteiger charge is 2.07. The summed E-state index contributed by atoms with van der Waals surface area (Å²) in [6, 6.07) is 13.5. The molecule has 2 aromatic rings. The molecule has 98 valence electrons. The normalized spacial score (nSPS) is 10.3. The zero-order chi connectivity index (χ0) is 13.8. The number of benzene rings is 2. The summed E-state index contributed by atoms with van der Waals surface area (Å²) in [5.74, 6) is 0.840. The van der Waals surface area contributed by atoms with E-state index in [0.717, 1.165) is 24.9 Å². The third kappa shape index (κ3) is 3.79. The van der Waals surface area contributed by atoms with Crippen molar-refractivity contribution < 1.29 is 9.53 Å². The Morgan fingerprint density at radius 2 is 2.00 bits per heavy atom. The molecule has 0 N–H and O–H groups in total. The number of ketones is 1. The van der Waals surface area contributed by atoms with Crippen LogP contribution in [0.25, 0.3) is 0 Å². The van der Waals surface area contributed by atoms with Gasteiger partial charge in [0.25, 0.3) is 0 Å². The second kappa shape index (κ2) is 6.52. The first-order valence-electron chi connectivity index (χ1n) is 5.74. The zero-order valence-electron chi connectivity index (χ0n) is 10.3. The van der Waals surface area contributed by atoms with Crippen LogP contribution < -0.4 is 4.74 Å². The van der Waals surface area contributed by atoms with E-state index >= 15 is 0 Å². The predicted octanol–water partition coefficient (Wildman–Crippen LogP) is 4.84. The van der Waals surface area contributed by atoms with Crippen LogP contribution in [0.1, 0.15) is 22.8 Å². The maximum absolute atomic E-state index is 11.3. The molecule has 2 nitrogen and oxygen atoms in total. The van der Waals surface area contributed by atoms with Crippen molar-refractivity contribution in [2.45, 2.75) is 13.5 Å². The molecule has 0 fully saturated rings. The SMILES string of the molecule is CC(=O)c1ccc(OCc2ccccc2Br)cc1I. The number of hydrogen-bond acceptors (Lipinski definition) is 2. The van der Waals surface area contributed by atoms with Crippen LogP contribution in [0.5, 0.6) is 5.75 Å². The van der Waals surface area contributed by atoms with E-state index in [1.165, 1.54) is 0 Å². The van der Waals surface area contributed by atoms with Crippen molar-refractivity contribution in [1.29, 1.82) is 0 Å². The highest BCUT2D eigenvalue weighted by atomic mass is 127. The summed E-state index contributed by atoms with van der Waals surface area (Å²) < 4.78 is 7.69. The minimum absolute atomic E-state index is 0.0711. The minimum Gasteiger partial charge on any atom is -0.489 e. The molecule has 0 radical (unpaired) electrons. The Balaban J connectivity index is 2.11. The van der Waals surface area contributed by atoms with Crippen LogP contribution in [-0.2, 0) is 6.61 Å². The van der Waals surface area contributed by atoms with Gasteiger partial charge in [-0.3, -0.25) is 4.79 Å². The van der Waals surface area contributed by atoms with Crippen molar-refractivity contribution >= 4 is 44.3 Å². The Kier molecular flexibility index (Phi) is 4.99. The molecule has 0 aliphatic heterocycles. The summed E-state index contributed by atoms with van der Waals surface area (Å²) in [4.78, 5) is 11.3. The predicted molar refractivity (Wildman–Crippen MR) is 87.6 cm³/mol. The Morgan fingerprint density at radius 3 is 2.63 bits per heavy atom. The fraction of sp³-hybridized carbons (Fsp3) is 0.133. The molecule has 2 aromatic carbocycles. The van der Waals surface area contributed by atoms with Crippen molar-refractivity contribution in [3.05, 3.63) is 61.6 Å². The van der Waals surface area contributed by atoms with Crippen LogP contribution in [0, 0.1) is 3.57 Å². The fourth-order valence-electron chi connectivity index (χ4n) is 1.65. The highest BCUT2D eigenvalue weighted by Crippen LogP contribution is 2.22. The van der Waals surface area contributed by atoms with Crippen molar-refractivity contribution in [1.82, 2.24) is 0 Å². The lowest BCUT2D eigenvalue weighted by molar-refractivity contribution is 0.101. The summed E-state index contributed by atoms with van der Waals surface area (Å²) in [6.07, 6.45) is 0. The molecule has 0 aliphatic carbocycles. The fourth-order valence-corrected chi connectivity index (χ4v) is 2.91. The topological polar surface area (TPSA) is 26.3 Å². The van der Waals surface area contributed by atoms with Crippen LogP contribution in [0.2, 0.25) is 0 Å². The maximum Gasteiger partial charge on any atom is 0.160 e. The summed E-state index contributed by atoms with van der Waals surface area (Å²) in [6.45, 7) is 2.07. The van der Waals surface area contributed by atoms with Crippen molar-refractivity contribution in [2.75, 3.05) is 0 Å². The first-order valence-corrected chi connectivity index (χ1v) is 7.62. The van der Waals surface area contributed by atoms with Gasteiger partial charge in [-0.05, 0) is 53.8 Å². The van der Waals surface area contributed by atoms with Gasteiger partial charge in [0.2, 0.25) is 0 Å². The minimum atomic E-state index is 0.0711. The van der Waals surface area contributed by atoms with Gasteiger partial charge < -0.3 is 4.74 Å². The summed E-state index contributed by atoms with van der Waals surface area (Å²) in [5, 5.41) is 0. The molecule has 2 rings (SSSR count). The van der Waals surface area contributed by atoms with Crippen molar-refractivity contribution in [3.8, 4) is 5.75 Å². The number of carbonyl (C=O) groups is 1. The number of hydrogen-bond donors (Lipinski definition) is 0. The van der Waals surface area contributed by atoms with Gasteiger partial charge in [-0.2, -0.15) is 0 Å². The smallest absolute Gasteiger partial charge is 0.160 e. The Labute approximate surface area is 134 Å². The molecular formula is C15H12BrIO2. The zero-order valence-corrected chi connectivity index (χ0v) is 14.1. The van der Waals surface area contributed by atoms with E-state index in [0.29, 0.717) is 6.61 Å².